The molecule has 0 aliphatic heterocycles. The van der Waals surface area contributed by atoms with Crippen LogP contribution in [-0.4, -0.2) is 5.91 Å². The van der Waals surface area contributed by atoms with Crippen molar-refractivity contribution in [3.05, 3.63) is 35.4 Å². The minimum Gasteiger partial charge on any atom is -0.370 e. The van der Waals surface area contributed by atoms with Crippen LogP contribution in [0.15, 0.2) is 24.3 Å². The van der Waals surface area contributed by atoms with E-state index in [4.69, 9.17) is 5.73 Å². The van der Waals surface area contributed by atoms with Gasteiger partial charge in [0.25, 0.3) is 0 Å². The molecule has 0 radical (unpaired) electrons. The summed E-state index contributed by atoms with van der Waals surface area (Å²) in [5.41, 5.74) is 8.07. The smallest absolute Gasteiger partial charge is 0.218 e. The van der Waals surface area contributed by atoms with E-state index in [0.29, 0.717) is 12.3 Å². The molecular formula is C17H27NO. The van der Waals surface area contributed by atoms with Gasteiger partial charge in [0.1, 0.15) is 0 Å². The van der Waals surface area contributed by atoms with Crippen LogP contribution in [0.25, 0.3) is 0 Å². The Labute approximate surface area is 117 Å². The monoisotopic (exact) mass is 261 g/mol. The number of carbonyl (C=O) groups excluding carboxylic acids is 1. The first kappa shape index (κ1) is 15.7. The zero-order valence-corrected chi connectivity index (χ0v) is 12.9. The molecule has 1 amide bonds. The lowest BCUT2D eigenvalue weighted by Gasteiger charge is -2.22. The molecule has 0 saturated carbocycles. The standard InChI is InChI=1S/C17H27NO/c1-12(2)10-14(11-16(18)19)13-6-8-15(9-7-13)17(3,4)5/h6-9,12,14H,10-11H2,1-5H3,(H2,18,19). The van der Waals surface area contributed by atoms with Crippen LogP contribution in [-0.2, 0) is 10.2 Å². The molecule has 1 unspecified atom stereocenters. The van der Waals surface area contributed by atoms with E-state index < -0.39 is 0 Å². The first-order chi connectivity index (χ1) is 8.70. The van der Waals surface area contributed by atoms with Gasteiger partial charge in [-0.2, -0.15) is 0 Å². The highest BCUT2D eigenvalue weighted by Crippen LogP contribution is 2.29. The Morgan fingerprint density at radius 2 is 1.68 bits per heavy atom. The lowest BCUT2D eigenvalue weighted by Crippen LogP contribution is -2.17. The van der Waals surface area contributed by atoms with Gasteiger partial charge < -0.3 is 5.73 Å². The third-order valence-corrected chi connectivity index (χ3v) is 3.45. The minimum absolute atomic E-state index is 0.162. The molecule has 0 fully saturated rings. The zero-order valence-electron chi connectivity index (χ0n) is 12.9. The van der Waals surface area contributed by atoms with E-state index in [1.807, 2.05) is 0 Å². The number of carbonyl (C=O) groups is 1. The highest BCUT2D eigenvalue weighted by molar-refractivity contribution is 5.74. The van der Waals surface area contributed by atoms with E-state index in [0.717, 1.165) is 6.42 Å². The second-order valence-electron chi connectivity index (χ2n) is 6.87. The third kappa shape index (κ3) is 5.06. The van der Waals surface area contributed by atoms with Crippen molar-refractivity contribution in [2.75, 3.05) is 0 Å². The minimum atomic E-state index is -0.217. The molecule has 106 valence electrons. The summed E-state index contributed by atoms with van der Waals surface area (Å²) in [5.74, 6) is 0.587. The molecule has 0 spiro atoms. The fraction of sp³-hybridized carbons (Fsp3) is 0.588. The van der Waals surface area contributed by atoms with E-state index in [1.165, 1.54) is 11.1 Å². The summed E-state index contributed by atoms with van der Waals surface area (Å²) >= 11 is 0. The average Bonchev–Trinajstić information content (AvgIpc) is 2.26. The van der Waals surface area contributed by atoms with E-state index in [-0.39, 0.29) is 17.2 Å². The van der Waals surface area contributed by atoms with Gasteiger partial charge in [-0.15, -0.1) is 0 Å². The number of hydrogen-bond acceptors (Lipinski definition) is 1. The summed E-state index contributed by atoms with van der Waals surface area (Å²) in [6, 6.07) is 8.64. The summed E-state index contributed by atoms with van der Waals surface area (Å²) in [5, 5.41) is 0. The molecule has 0 bridgehead atoms. The average molecular weight is 261 g/mol. The molecule has 1 aromatic carbocycles. The molecule has 2 N–H and O–H groups in total. The van der Waals surface area contributed by atoms with Gasteiger partial charge in [0.2, 0.25) is 5.91 Å². The number of hydrogen-bond donors (Lipinski definition) is 1. The number of amides is 1. The zero-order chi connectivity index (χ0) is 14.6. The number of nitrogens with two attached hydrogens (primary N) is 1. The predicted molar refractivity (Wildman–Crippen MR) is 81.1 cm³/mol. The van der Waals surface area contributed by atoms with Crippen molar-refractivity contribution in [3.8, 4) is 0 Å². The fourth-order valence-corrected chi connectivity index (χ4v) is 2.40. The van der Waals surface area contributed by atoms with Crippen molar-refractivity contribution in [1.29, 1.82) is 0 Å². The molecule has 1 atom stereocenters. The maximum atomic E-state index is 11.2. The van der Waals surface area contributed by atoms with Gasteiger partial charge in [0.05, 0.1) is 0 Å². The maximum absolute atomic E-state index is 11.2. The van der Waals surface area contributed by atoms with E-state index >= 15 is 0 Å². The second kappa shape index (κ2) is 6.23. The van der Waals surface area contributed by atoms with Crippen LogP contribution in [0.1, 0.15) is 64.5 Å². The molecule has 0 aliphatic carbocycles. The van der Waals surface area contributed by atoms with Crippen LogP contribution >= 0.6 is 0 Å². The van der Waals surface area contributed by atoms with Gasteiger partial charge in [-0.05, 0) is 34.8 Å². The Balaban J connectivity index is 2.93. The van der Waals surface area contributed by atoms with E-state index in [9.17, 15) is 4.79 Å². The van der Waals surface area contributed by atoms with Crippen LogP contribution in [0.2, 0.25) is 0 Å². The highest BCUT2D eigenvalue weighted by atomic mass is 16.1. The molecule has 2 heteroatoms. The van der Waals surface area contributed by atoms with Crippen LogP contribution in [0.4, 0.5) is 0 Å². The fourth-order valence-electron chi connectivity index (χ4n) is 2.40. The van der Waals surface area contributed by atoms with E-state index in [1.54, 1.807) is 0 Å². The second-order valence-corrected chi connectivity index (χ2v) is 6.87. The van der Waals surface area contributed by atoms with Crippen molar-refractivity contribution in [2.24, 2.45) is 11.7 Å². The molecule has 0 aromatic heterocycles. The lowest BCUT2D eigenvalue weighted by atomic mass is 9.83. The SMILES string of the molecule is CC(C)CC(CC(N)=O)c1ccc(C(C)(C)C)cc1. The molecule has 2 nitrogen and oxygen atoms in total. The Bertz CT molecular complexity index is 412. The topological polar surface area (TPSA) is 43.1 Å². The van der Waals surface area contributed by atoms with Crippen molar-refractivity contribution in [3.63, 3.8) is 0 Å². The van der Waals surface area contributed by atoms with Crippen molar-refractivity contribution in [2.45, 2.75) is 58.8 Å². The van der Waals surface area contributed by atoms with E-state index in [2.05, 4.69) is 58.9 Å². The van der Waals surface area contributed by atoms with Crippen LogP contribution < -0.4 is 5.73 Å². The Morgan fingerprint density at radius 1 is 1.16 bits per heavy atom. The van der Waals surface area contributed by atoms with Gasteiger partial charge in [-0.1, -0.05) is 58.9 Å². The largest absolute Gasteiger partial charge is 0.370 e. The summed E-state index contributed by atoms with van der Waals surface area (Å²) in [4.78, 5) is 11.2. The summed E-state index contributed by atoms with van der Waals surface area (Å²) in [6.45, 7) is 11.0. The molecule has 1 rings (SSSR count). The van der Waals surface area contributed by atoms with Crippen LogP contribution in [0.3, 0.4) is 0 Å². The normalized spacial score (nSPS) is 13.6. The Hall–Kier alpha value is -1.31. The third-order valence-electron chi connectivity index (χ3n) is 3.45. The maximum Gasteiger partial charge on any atom is 0.218 e. The van der Waals surface area contributed by atoms with Crippen molar-refractivity contribution < 1.29 is 4.79 Å². The molecule has 0 saturated heterocycles. The first-order valence-corrected chi connectivity index (χ1v) is 7.09. The molecule has 0 heterocycles. The van der Waals surface area contributed by atoms with Gasteiger partial charge in [0.15, 0.2) is 0 Å². The number of rotatable bonds is 5. The number of primary amides is 1. The van der Waals surface area contributed by atoms with Crippen molar-refractivity contribution >= 4 is 5.91 Å². The van der Waals surface area contributed by atoms with Gasteiger partial charge in [-0.3, -0.25) is 4.79 Å². The highest BCUT2D eigenvalue weighted by Gasteiger charge is 2.18. The van der Waals surface area contributed by atoms with Crippen LogP contribution in [0, 0.1) is 5.92 Å². The quantitative estimate of drug-likeness (QED) is 0.855. The lowest BCUT2D eigenvalue weighted by molar-refractivity contribution is -0.118. The summed E-state index contributed by atoms with van der Waals surface area (Å²) < 4.78 is 0. The first-order valence-electron chi connectivity index (χ1n) is 7.09. The molecular weight excluding hydrogens is 234 g/mol. The van der Waals surface area contributed by atoms with Crippen LogP contribution in [0.5, 0.6) is 0 Å². The molecule has 19 heavy (non-hydrogen) atoms. The predicted octanol–water partition coefficient (Wildman–Crippen LogP) is 3.99. The molecule has 1 aromatic rings. The number of benzene rings is 1. The Kier molecular flexibility index (Phi) is 5.16. The Morgan fingerprint density at radius 3 is 2.05 bits per heavy atom. The summed E-state index contributed by atoms with van der Waals surface area (Å²) in [7, 11) is 0. The molecule has 0 aliphatic rings. The summed E-state index contributed by atoms with van der Waals surface area (Å²) in [6.07, 6.45) is 1.44. The van der Waals surface area contributed by atoms with Gasteiger partial charge in [0, 0.05) is 6.42 Å². The van der Waals surface area contributed by atoms with Gasteiger partial charge in [-0.25, -0.2) is 0 Å². The van der Waals surface area contributed by atoms with Crippen molar-refractivity contribution in [1.82, 2.24) is 0 Å². The van der Waals surface area contributed by atoms with Gasteiger partial charge >= 0.3 is 0 Å².